The highest BCUT2D eigenvalue weighted by molar-refractivity contribution is 6.02. The van der Waals surface area contributed by atoms with Gasteiger partial charge in [-0.1, -0.05) is 18.2 Å². The summed E-state index contributed by atoms with van der Waals surface area (Å²) < 4.78 is 42.7. The van der Waals surface area contributed by atoms with Crippen LogP contribution in [-0.2, 0) is 14.3 Å². The van der Waals surface area contributed by atoms with Gasteiger partial charge in [0, 0.05) is 5.92 Å². The first kappa shape index (κ1) is 18.4. The average Bonchev–Trinajstić information content (AvgIpc) is 2.24. The number of Topliss-reactive ketones (excluding diaryl/α,β-unsaturated/α-hetero) is 1. The third kappa shape index (κ3) is 5.59. The van der Waals surface area contributed by atoms with E-state index in [1.54, 1.807) is 6.92 Å². The molecule has 114 valence electrons. The van der Waals surface area contributed by atoms with Crippen molar-refractivity contribution in [2.75, 3.05) is 0 Å². The first-order valence-corrected chi connectivity index (χ1v) is 6.03. The Labute approximate surface area is 116 Å². The topological polar surface area (TPSA) is 43.4 Å². The van der Waals surface area contributed by atoms with Crippen LogP contribution in [0.1, 0.15) is 27.7 Å². The molecule has 0 aromatic carbocycles. The summed E-state index contributed by atoms with van der Waals surface area (Å²) in [5, 5.41) is 0. The Morgan fingerprint density at radius 3 is 2.00 bits per heavy atom. The smallest absolute Gasteiger partial charge is 0.450 e. The van der Waals surface area contributed by atoms with Crippen LogP contribution in [0, 0.1) is 11.8 Å². The summed E-state index contributed by atoms with van der Waals surface area (Å²) in [6.45, 7) is 9.47. The number of carbonyl (C=O) groups is 2. The van der Waals surface area contributed by atoms with E-state index < -0.39 is 35.4 Å². The van der Waals surface area contributed by atoms with Crippen molar-refractivity contribution >= 4 is 11.8 Å². The molecule has 0 rings (SSSR count). The summed E-state index contributed by atoms with van der Waals surface area (Å²) in [6.07, 6.45) is -1.22. The number of hydrogen-bond donors (Lipinski definition) is 0. The van der Waals surface area contributed by atoms with Gasteiger partial charge in [-0.25, -0.2) is 0 Å². The lowest BCUT2D eigenvalue weighted by Crippen LogP contribution is -2.42. The summed E-state index contributed by atoms with van der Waals surface area (Å²) in [4.78, 5) is 23.4. The minimum Gasteiger partial charge on any atom is -0.459 e. The highest BCUT2D eigenvalue weighted by Gasteiger charge is 2.49. The van der Waals surface area contributed by atoms with Crippen molar-refractivity contribution in [3.8, 4) is 0 Å². The minimum absolute atomic E-state index is 0.983. The Hall–Kier alpha value is -1.59. The number of halogens is 3. The molecule has 0 aliphatic carbocycles. The fourth-order valence-corrected chi connectivity index (χ4v) is 1.53. The first-order valence-electron chi connectivity index (χ1n) is 6.03. The summed E-state index contributed by atoms with van der Waals surface area (Å²) in [7, 11) is 0. The maximum atomic E-state index is 12.6. The normalized spacial score (nSPS) is 15.8. The molecule has 20 heavy (non-hydrogen) atoms. The molecule has 0 aromatic heterocycles. The zero-order valence-electron chi connectivity index (χ0n) is 12.0. The van der Waals surface area contributed by atoms with Gasteiger partial charge in [-0.2, -0.15) is 13.2 Å². The molecule has 0 N–H and O–H groups in total. The third-order valence-electron chi connectivity index (χ3n) is 2.29. The molecule has 0 amide bonds. The Kier molecular flexibility index (Phi) is 6.19. The van der Waals surface area contributed by atoms with Crippen molar-refractivity contribution in [2.45, 2.75) is 39.5 Å². The molecule has 0 spiro atoms. The zero-order chi connectivity index (χ0) is 16.1. The second kappa shape index (κ2) is 6.72. The molecule has 1 unspecified atom stereocenters. The zero-order valence-corrected chi connectivity index (χ0v) is 12.0. The highest BCUT2D eigenvalue weighted by Crippen LogP contribution is 2.29. The fraction of sp³-hybridized carbons (Fsp3) is 0.571. The number of hydrogen-bond acceptors (Lipinski definition) is 3. The van der Waals surface area contributed by atoms with Crippen LogP contribution in [-0.4, -0.2) is 23.5 Å². The predicted octanol–water partition coefficient (Wildman–Crippen LogP) is 3.45. The van der Waals surface area contributed by atoms with E-state index in [1.807, 2.05) is 0 Å². The summed E-state index contributed by atoms with van der Waals surface area (Å²) in [6, 6.07) is 0. The van der Waals surface area contributed by atoms with Crippen LogP contribution in [0.5, 0.6) is 0 Å². The van der Waals surface area contributed by atoms with E-state index in [2.05, 4.69) is 6.58 Å². The second-order valence-electron chi connectivity index (χ2n) is 5.21. The molecule has 0 aromatic rings. The van der Waals surface area contributed by atoms with E-state index in [0.29, 0.717) is 0 Å². The lowest BCUT2D eigenvalue weighted by Gasteiger charge is -2.26. The first-order chi connectivity index (χ1) is 8.94. The number of rotatable bonds is 5. The SMILES string of the molecule is C=CC(/C=C/C)[C@@H](C(=O)OC(C)(C)C)C(=O)C(F)(F)F. The molecular weight excluding hydrogens is 273 g/mol. The van der Waals surface area contributed by atoms with Crippen LogP contribution in [0.4, 0.5) is 13.2 Å². The molecule has 6 heteroatoms. The van der Waals surface area contributed by atoms with Gasteiger partial charge in [-0.05, 0) is 27.7 Å². The molecule has 0 saturated carbocycles. The molecule has 0 heterocycles. The number of ether oxygens (including phenoxy) is 1. The van der Waals surface area contributed by atoms with Gasteiger partial charge in [0.25, 0.3) is 5.78 Å². The quantitative estimate of drug-likeness (QED) is 0.443. The highest BCUT2D eigenvalue weighted by atomic mass is 19.4. The van der Waals surface area contributed by atoms with Crippen LogP contribution in [0.2, 0.25) is 0 Å². The lowest BCUT2D eigenvalue weighted by atomic mass is 9.87. The summed E-state index contributed by atoms with van der Waals surface area (Å²) in [5.74, 6) is -6.37. The minimum atomic E-state index is -5.11. The summed E-state index contributed by atoms with van der Waals surface area (Å²) >= 11 is 0. The van der Waals surface area contributed by atoms with Gasteiger partial charge in [0.05, 0.1) is 0 Å². The van der Waals surface area contributed by atoms with Crippen molar-refractivity contribution in [3.05, 3.63) is 24.8 Å². The van der Waals surface area contributed by atoms with E-state index in [9.17, 15) is 22.8 Å². The van der Waals surface area contributed by atoms with Crippen molar-refractivity contribution in [1.29, 1.82) is 0 Å². The molecule has 3 nitrogen and oxygen atoms in total. The Bertz CT molecular complexity index is 403. The van der Waals surface area contributed by atoms with Gasteiger partial charge in [0.1, 0.15) is 11.5 Å². The Morgan fingerprint density at radius 2 is 1.70 bits per heavy atom. The predicted molar refractivity (Wildman–Crippen MR) is 68.9 cm³/mol. The van der Waals surface area contributed by atoms with Crippen molar-refractivity contribution < 1.29 is 27.5 Å². The average molecular weight is 292 g/mol. The van der Waals surface area contributed by atoms with Crippen LogP contribution < -0.4 is 0 Å². The second-order valence-corrected chi connectivity index (χ2v) is 5.21. The van der Waals surface area contributed by atoms with Crippen LogP contribution >= 0.6 is 0 Å². The van der Waals surface area contributed by atoms with Crippen molar-refractivity contribution in [2.24, 2.45) is 11.8 Å². The summed E-state index contributed by atoms with van der Waals surface area (Å²) in [5.41, 5.74) is -0.983. The van der Waals surface area contributed by atoms with Gasteiger partial charge in [0.2, 0.25) is 0 Å². The van der Waals surface area contributed by atoms with E-state index in [-0.39, 0.29) is 0 Å². The fourth-order valence-electron chi connectivity index (χ4n) is 1.53. The molecule has 0 radical (unpaired) electrons. The molecule has 0 aliphatic heterocycles. The van der Waals surface area contributed by atoms with Gasteiger partial charge in [0.15, 0.2) is 0 Å². The van der Waals surface area contributed by atoms with E-state index in [0.717, 1.165) is 6.08 Å². The molecular formula is C14H19F3O3. The Balaban J connectivity index is 5.53. The molecule has 0 bridgehead atoms. The molecule has 2 atom stereocenters. The third-order valence-corrected chi connectivity index (χ3v) is 2.29. The number of ketones is 1. The van der Waals surface area contributed by atoms with Gasteiger partial charge < -0.3 is 4.74 Å². The number of carbonyl (C=O) groups excluding carboxylic acids is 2. The van der Waals surface area contributed by atoms with Crippen molar-refractivity contribution in [1.82, 2.24) is 0 Å². The van der Waals surface area contributed by atoms with E-state index in [4.69, 9.17) is 4.74 Å². The monoisotopic (exact) mass is 292 g/mol. The van der Waals surface area contributed by atoms with Crippen LogP contribution in [0.3, 0.4) is 0 Å². The molecule has 0 saturated heterocycles. The van der Waals surface area contributed by atoms with E-state index >= 15 is 0 Å². The van der Waals surface area contributed by atoms with Gasteiger partial charge in [-0.3, -0.25) is 9.59 Å². The maximum absolute atomic E-state index is 12.6. The Morgan fingerprint density at radius 1 is 1.20 bits per heavy atom. The maximum Gasteiger partial charge on any atom is 0.450 e. The van der Waals surface area contributed by atoms with Crippen LogP contribution in [0.25, 0.3) is 0 Å². The molecule has 0 fully saturated rings. The van der Waals surface area contributed by atoms with Crippen LogP contribution in [0.15, 0.2) is 24.8 Å². The van der Waals surface area contributed by atoms with E-state index in [1.165, 1.54) is 32.9 Å². The lowest BCUT2D eigenvalue weighted by molar-refractivity contribution is -0.185. The number of allylic oxidation sites excluding steroid dienone is 3. The largest absolute Gasteiger partial charge is 0.459 e. The van der Waals surface area contributed by atoms with Crippen molar-refractivity contribution in [3.63, 3.8) is 0 Å². The van der Waals surface area contributed by atoms with Gasteiger partial charge >= 0.3 is 12.1 Å². The van der Waals surface area contributed by atoms with Gasteiger partial charge in [-0.15, -0.1) is 6.58 Å². The number of alkyl halides is 3. The number of esters is 1. The standard InChI is InChI=1S/C14H19F3O3/c1-6-8-9(7-2)10(11(18)14(15,16)17)12(19)20-13(3,4)5/h6-10H,2H2,1,3-5H3/b8-6+/t9?,10-/m1/s1. The molecule has 0 aliphatic rings.